The Morgan fingerprint density at radius 1 is 1.18 bits per heavy atom. The number of carbonyl (C=O) groups excluding carboxylic acids is 1. The lowest BCUT2D eigenvalue weighted by Gasteiger charge is -2.35. The summed E-state index contributed by atoms with van der Waals surface area (Å²) in [6.07, 6.45) is 1.28. The Labute approximate surface area is 134 Å². The lowest BCUT2D eigenvalue weighted by atomic mass is 9.97. The molecule has 1 fully saturated rings. The first-order valence-corrected chi connectivity index (χ1v) is 8.95. The molecule has 0 unspecified atom stereocenters. The zero-order valence-electron chi connectivity index (χ0n) is 14.5. The number of nitrogens with zero attached hydrogens (tertiary/aromatic N) is 3. The maximum absolute atomic E-state index is 12.0. The molecule has 0 bridgehead atoms. The molecule has 1 aliphatic rings. The molecule has 0 aromatic carbocycles. The van der Waals surface area contributed by atoms with Gasteiger partial charge in [-0.3, -0.25) is 0 Å². The van der Waals surface area contributed by atoms with Crippen LogP contribution in [0.2, 0.25) is 0 Å². The Bertz CT molecular complexity index is 477. The molecular formula is C14H29N3O4S. The summed E-state index contributed by atoms with van der Waals surface area (Å²) >= 11 is 0. The van der Waals surface area contributed by atoms with Crippen LogP contribution in [0.4, 0.5) is 4.79 Å². The van der Waals surface area contributed by atoms with E-state index >= 15 is 0 Å². The van der Waals surface area contributed by atoms with Gasteiger partial charge in [0.1, 0.15) is 5.60 Å². The number of ether oxygens (including phenoxy) is 1. The minimum Gasteiger partial charge on any atom is -0.444 e. The third kappa shape index (κ3) is 5.40. The number of likely N-dealkylation sites (tertiary alicyclic amines) is 1. The van der Waals surface area contributed by atoms with Crippen molar-refractivity contribution in [3.05, 3.63) is 0 Å². The highest BCUT2D eigenvalue weighted by atomic mass is 32.2. The summed E-state index contributed by atoms with van der Waals surface area (Å²) in [5, 5.41) is 0. The molecule has 0 spiro atoms. The van der Waals surface area contributed by atoms with Gasteiger partial charge < -0.3 is 9.64 Å². The normalized spacial score (nSPS) is 18.1. The van der Waals surface area contributed by atoms with Crippen molar-refractivity contribution >= 4 is 16.3 Å². The molecule has 1 rings (SSSR count). The molecule has 22 heavy (non-hydrogen) atoms. The minimum absolute atomic E-state index is 0.262. The number of hydrogen-bond acceptors (Lipinski definition) is 4. The lowest BCUT2D eigenvalue weighted by Crippen LogP contribution is -2.45. The van der Waals surface area contributed by atoms with E-state index in [0.29, 0.717) is 19.6 Å². The van der Waals surface area contributed by atoms with Crippen LogP contribution >= 0.6 is 0 Å². The van der Waals surface area contributed by atoms with E-state index in [1.54, 1.807) is 11.9 Å². The van der Waals surface area contributed by atoms with Crippen molar-refractivity contribution in [1.29, 1.82) is 0 Å². The van der Waals surface area contributed by atoms with E-state index in [2.05, 4.69) is 0 Å². The molecule has 0 aromatic heterocycles. The predicted molar refractivity (Wildman–Crippen MR) is 85.8 cm³/mol. The van der Waals surface area contributed by atoms with Crippen molar-refractivity contribution < 1.29 is 17.9 Å². The van der Waals surface area contributed by atoms with E-state index in [1.807, 2.05) is 20.8 Å². The van der Waals surface area contributed by atoms with Crippen molar-refractivity contribution in [2.45, 2.75) is 39.2 Å². The molecule has 1 saturated heterocycles. The van der Waals surface area contributed by atoms with Crippen LogP contribution in [0.1, 0.15) is 33.6 Å². The SMILES string of the molecule is CN(C)S(=O)(=O)N(C)CC1CCN(C(=O)OC(C)(C)C)CC1. The fourth-order valence-corrected chi connectivity index (χ4v) is 3.32. The lowest BCUT2D eigenvalue weighted by molar-refractivity contribution is 0.0179. The highest BCUT2D eigenvalue weighted by molar-refractivity contribution is 7.86. The van der Waals surface area contributed by atoms with Crippen LogP contribution in [0, 0.1) is 5.92 Å². The van der Waals surface area contributed by atoms with Gasteiger partial charge in [0.05, 0.1) is 0 Å². The first-order chi connectivity index (χ1) is 9.93. The van der Waals surface area contributed by atoms with E-state index in [1.165, 1.54) is 22.7 Å². The van der Waals surface area contributed by atoms with Gasteiger partial charge in [0.25, 0.3) is 10.2 Å². The van der Waals surface area contributed by atoms with Gasteiger partial charge in [-0.1, -0.05) is 0 Å². The van der Waals surface area contributed by atoms with E-state index < -0.39 is 15.8 Å². The van der Waals surface area contributed by atoms with Gasteiger partial charge in [-0.2, -0.15) is 17.0 Å². The Morgan fingerprint density at radius 2 is 1.68 bits per heavy atom. The Morgan fingerprint density at radius 3 is 2.09 bits per heavy atom. The standard InChI is InChI=1S/C14H29N3O4S/c1-14(2,3)21-13(18)17-9-7-12(8-10-17)11-16(6)22(19,20)15(4)5/h12H,7-11H2,1-6H3. The van der Waals surface area contributed by atoms with E-state index in [9.17, 15) is 13.2 Å². The third-order valence-electron chi connectivity index (χ3n) is 3.64. The third-order valence-corrected chi connectivity index (χ3v) is 5.50. The van der Waals surface area contributed by atoms with E-state index in [4.69, 9.17) is 4.74 Å². The summed E-state index contributed by atoms with van der Waals surface area (Å²) in [6.45, 7) is 7.23. The Kier molecular flexibility index (Phi) is 6.23. The largest absolute Gasteiger partial charge is 0.444 e. The number of hydrogen-bond donors (Lipinski definition) is 0. The van der Waals surface area contributed by atoms with Crippen LogP contribution in [0.3, 0.4) is 0 Å². The number of amides is 1. The molecule has 0 radical (unpaired) electrons. The average molecular weight is 335 g/mol. The van der Waals surface area contributed by atoms with Crippen molar-refractivity contribution in [2.75, 3.05) is 40.8 Å². The summed E-state index contributed by atoms with van der Waals surface area (Å²) < 4.78 is 31.9. The Balaban J connectivity index is 2.48. The zero-order valence-corrected chi connectivity index (χ0v) is 15.3. The Hall–Kier alpha value is -0.860. The zero-order chi connectivity index (χ0) is 17.1. The smallest absolute Gasteiger partial charge is 0.410 e. The van der Waals surface area contributed by atoms with Crippen LogP contribution < -0.4 is 0 Å². The van der Waals surface area contributed by atoms with Crippen molar-refractivity contribution in [3.8, 4) is 0 Å². The first kappa shape index (κ1) is 19.2. The van der Waals surface area contributed by atoms with E-state index in [0.717, 1.165) is 12.8 Å². The summed E-state index contributed by atoms with van der Waals surface area (Å²) in [5.74, 6) is 0.262. The monoisotopic (exact) mass is 335 g/mol. The molecule has 8 heteroatoms. The molecule has 0 aromatic rings. The highest BCUT2D eigenvalue weighted by Crippen LogP contribution is 2.21. The van der Waals surface area contributed by atoms with Gasteiger partial charge in [-0.15, -0.1) is 0 Å². The van der Waals surface area contributed by atoms with E-state index in [-0.39, 0.29) is 12.0 Å². The molecule has 1 amide bonds. The highest BCUT2D eigenvalue weighted by Gasteiger charge is 2.29. The summed E-state index contributed by atoms with van der Waals surface area (Å²) in [4.78, 5) is 13.7. The van der Waals surface area contributed by atoms with Gasteiger partial charge >= 0.3 is 6.09 Å². The second kappa shape index (κ2) is 7.14. The number of rotatable bonds is 4. The molecule has 1 heterocycles. The molecule has 0 saturated carbocycles. The van der Waals surface area contributed by atoms with Gasteiger partial charge in [-0.05, 0) is 39.5 Å². The van der Waals surface area contributed by atoms with Crippen LogP contribution in [-0.4, -0.2) is 74.4 Å². The van der Waals surface area contributed by atoms with Gasteiger partial charge in [0.15, 0.2) is 0 Å². The van der Waals surface area contributed by atoms with Crippen molar-refractivity contribution in [1.82, 2.24) is 13.5 Å². The minimum atomic E-state index is -3.37. The number of piperidine rings is 1. The molecule has 0 atom stereocenters. The van der Waals surface area contributed by atoms with Gasteiger partial charge in [0, 0.05) is 40.8 Å². The van der Waals surface area contributed by atoms with Crippen LogP contribution in [0.15, 0.2) is 0 Å². The molecule has 0 N–H and O–H groups in total. The molecule has 7 nitrogen and oxygen atoms in total. The topological polar surface area (TPSA) is 70.2 Å². The summed E-state index contributed by atoms with van der Waals surface area (Å²) in [5.41, 5.74) is -0.492. The summed E-state index contributed by atoms with van der Waals surface area (Å²) in [7, 11) is 1.27. The van der Waals surface area contributed by atoms with Crippen LogP contribution in [-0.2, 0) is 14.9 Å². The van der Waals surface area contributed by atoms with Crippen molar-refractivity contribution in [2.24, 2.45) is 5.92 Å². The van der Waals surface area contributed by atoms with Gasteiger partial charge in [0.2, 0.25) is 0 Å². The van der Waals surface area contributed by atoms with Crippen LogP contribution in [0.25, 0.3) is 0 Å². The second-order valence-corrected chi connectivity index (χ2v) is 9.23. The maximum atomic E-state index is 12.0. The maximum Gasteiger partial charge on any atom is 0.410 e. The molecule has 130 valence electrons. The fraction of sp³-hybridized carbons (Fsp3) is 0.929. The average Bonchev–Trinajstić information content (AvgIpc) is 2.37. The molecule has 1 aliphatic heterocycles. The quantitative estimate of drug-likeness (QED) is 0.778. The van der Waals surface area contributed by atoms with Crippen molar-refractivity contribution in [3.63, 3.8) is 0 Å². The van der Waals surface area contributed by atoms with Crippen LogP contribution in [0.5, 0.6) is 0 Å². The molecule has 0 aliphatic carbocycles. The fourth-order valence-electron chi connectivity index (χ4n) is 2.36. The summed E-state index contributed by atoms with van der Waals surface area (Å²) in [6, 6.07) is 0. The second-order valence-electron chi connectivity index (χ2n) is 6.98. The first-order valence-electron chi connectivity index (χ1n) is 7.55. The van der Waals surface area contributed by atoms with Gasteiger partial charge in [-0.25, -0.2) is 4.79 Å². The number of carbonyl (C=O) groups is 1. The molecular weight excluding hydrogens is 306 g/mol. The predicted octanol–water partition coefficient (Wildman–Crippen LogP) is 1.37.